The summed E-state index contributed by atoms with van der Waals surface area (Å²) >= 11 is 9.95. The zero-order chi connectivity index (χ0) is 17.2. The van der Waals surface area contributed by atoms with E-state index in [-0.39, 0.29) is 17.1 Å². The Balaban J connectivity index is 0.00000529. The van der Waals surface area contributed by atoms with Crippen LogP contribution in [0.1, 0.15) is 25.0 Å². The van der Waals surface area contributed by atoms with Crippen LogP contribution in [0.2, 0.25) is 0 Å². The maximum Gasteiger partial charge on any atom is 2.00 e. The molecule has 1 aromatic carbocycles. The summed E-state index contributed by atoms with van der Waals surface area (Å²) in [6.07, 6.45) is 0.972. The van der Waals surface area contributed by atoms with E-state index in [2.05, 4.69) is 38.0 Å². The zero-order valence-corrected chi connectivity index (χ0v) is 16.5. The molecule has 0 atom stereocenters. The summed E-state index contributed by atoms with van der Waals surface area (Å²) in [7, 11) is 3.38. The Morgan fingerprint density at radius 2 is 1.42 bits per heavy atom. The van der Waals surface area contributed by atoms with E-state index in [1.165, 1.54) is 5.56 Å². The van der Waals surface area contributed by atoms with Gasteiger partial charge in [0.25, 0.3) is 0 Å². The average molecular weight is 412 g/mol. The van der Waals surface area contributed by atoms with Crippen molar-refractivity contribution in [1.82, 2.24) is 10.6 Å². The zero-order valence-electron chi connectivity index (χ0n) is 13.9. The number of hydrogen-bond donors (Lipinski definition) is 2. The summed E-state index contributed by atoms with van der Waals surface area (Å²) in [6, 6.07) is 8.05. The van der Waals surface area contributed by atoms with E-state index in [1.54, 1.807) is 21.0 Å². The molecular formula is C15H20CuN6S2. The molecule has 0 unspecified atom stereocenters. The molecule has 0 saturated carbocycles. The van der Waals surface area contributed by atoms with E-state index in [1.807, 2.05) is 24.3 Å². The van der Waals surface area contributed by atoms with Crippen molar-refractivity contribution in [2.24, 2.45) is 20.4 Å². The summed E-state index contributed by atoms with van der Waals surface area (Å²) in [5, 5.41) is 22.3. The van der Waals surface area contributed by atoms with Gasteiger partial charge in [-0.1, -0.05) is 31.2 Å². The van der Waals surface area contributed by atoms with Gasteiger partial charge in [0.1, 0.15) is 5.71 Å². The summed E-state index contributed by atoms with van der Waals surface area (Å²) in [6.45, 7) is 3.90. The van der Waals surface area contributed by atoms with Crippen LogP contribution in [0.25, 0.3) is 0 Å². The first kappa shape index (κ1) is 22.5. The molecule has 0 aromatic heterocycles. The number of benzene rings is 1. The first-order chi connectivity index (χ1) is 11.0. The van der Waals surface area contributed by atoms with Gasteiger partial charge in [-0.3, -0.25) is 0 Å². The van der Waals surface area contributed by atoms with Gasteiger partial charge in [0.05, 0.1) is 5.71 Å². The number of hydrogen-bond acceptors (Lipinski definition) is 6. The molecule has 1 rings (SSSR count). The molecule has 1 radical (unpaired) electrons. The van der Waals surface area contributed by atoms with Gasteiger partial charge in [-0.05, 0) is 29.2 Å². The van der Waals surface area contributed by atoms with Crippen molar-refractivity contribution < 1.29 is 17.1 Å². The number of aryl methyl sites for hydroxylation is 1. The van der Waals surface area contributed by atoms with Gasteiger partial charge < -0.3 is 35.9 Å². The van der Waals surface area contributed by atoms with Gasteiger partial charge in [0, 0.05) is 19.7 Å². The Hall–Kier alpha value is -1.54. The second-order valence-electron chi connectivity index (χ2n) is 4.49. The Kier molecular flexibility index (Phi) is 11.1. The van der Waals surface area contributed by atoms with Crippen molar-refractivity contribution >= 4 is 47.0 Å². The molecule has 0 heterocycles. The minimum atomic E-state index is 0. The van der Waals surface area contributed by atoms with Gasteiger partial charge in [-0.25, -0.2) is 0 Å². The third kappa shape index (κ3) is 7.35. The molecule has 0 aliphatic heterocycles. The van der Waals surface area contributed by atoms with Crippen molar-refractivity contribution in [3.05, 3.63) is 35.4 Å². The van der Waals surface area contributed by atoms with Gasteiger partial charge in [-0.15, -0.1) is 5.10 Å². The number of nitrogens with one attached hydrogen (secondary N) is 2. The fourth-order valence-electron chi connectivity index (χ4n) is 1.60. The summed E-state index contributed by atoms with van der Waals surface area (Å²) < 4.78 is 0. The largest absolute Gasteiger partial charge is 2.00 e. The maximum absolute atomic E-state index is 5.00. The third-order valence-corrected chi connectivity index (χ3v) is 3.51. The monoisotopic (exact) mass is 411 g/mol. The number of amidine groups is 2. The topological polar surface area (TPSA) is 73.5 Å². The smallest absolute Gasteiger partial charge is 0.741 e. The Morgan fingerprint density at radius 3 is 1.88 bits per heavy atom. The van der Waals surface area contributed by atoms with Crippen LogP contribution in [-0.2, 0) is 48.7 Å². The van der Waals surface area contributed by atoms with E-state index < -0.39 is 0 Å². The van der Waals surface area contributed by atoms with Crippen molar-refractivity contribution in [1.29, 1.82) is 0 Å². The fourth-order valence-corrected chi connectivity index (χ4v) is 1.68. The van der Waals surface area contributed by atoms with Crippen molar-refractivity contribution in [2.45, 2.75) is 20.3 Å². The first-order valence-electron chi connectivity index (χ1n) is 7.08. The van der Waals surface area contributed by atoms with Crippen LogP contribution in [-0.4, -0.2) is 35.9 Å². The molecule has 0 aliphatic rings. The van der Waals surface area contributed by atoms with Crippen molar-refractivity contribution in [3.63, 3.8) is 0 Å². The normalized spacial score (nSPS) is 13.3. The van der Waals surface area contributed by atoms with Crippen LogP contribution < -0.4 is 10.6 Å². The minimum absolute atomic E-state index is 0. The Morgan fingerprint density at radius 1 is 0.917 bits per heavy atom. The Labute approximate surface area is 164 Å². The molecule has 0 fully saturated rings. The molecule has 133 valence electrons. The summed E-state index contributed by atoms with van der Waals surface area (Å²) in [5.41, 5.74) is 3.31. The van der Waals surface area contributed by atoms with Crippen LogP contribution in [0, 0.1) is 0 Å². The maximum atomic E-state index is 5.00. The molecule has 6 nitrogen and oxygen atoms in total. The SMILES string of the molecule is CCc1ccc(C(=N\N=C(/[S-])NC)/C(C)=N/N=C(\[S-])NC)cc1.[Cu+2]. The molecule has 0 saturated heterocycles. The number of nitrogens with zero attached hydrogens (tertiary/aromatic N) is 4. The molecule has 24 heavy (non-hydrogen) atoms. The van der Waals surface area contributed by atoms with Crippen LogP contribution in [0.4, 0.5) is 0 Å². The predicted octanol–water partition coefficient (Wildman–Crippen LogP) is 1.57. The minimum Gasteiger partial charge on any atom is -0.741 e. The van der Waals surface area contributed by atoms with Crippen molar-refractivity contribution in [3.8, 4) is 0 Å². The van der Waals surface area contributed by atoms with Gasteiger partial charge in [-0.2, -0.15) is 15.3 Å². The fraction of sp³-hybridized carbons (Fsp3) is 0.333. The van der Waals surface area contributed by atoms with E-state index in [0.717, 1.165) is 12.0 Å². The van der Waals surface area contributed by atoms with Crippen LogP contribution in [0.5, 0.6) is 0 Å². The predicted molar refractivity (Wildman–Crippen MR) is 103 cm³/mol. The molecular weight excluding hydrogens is 392 g/mol. The van der Waals surface area contributed by atoms with Crippen LogP contribution in [0.15, 0.2) is 44.7 Å². The molecule has 9 heteroatoms. The number of rotatable bonds is 5. The van der Waals surface area contributed by atoms with Crippen LogP contribution in [0.3, 0.4) is 0 Å². The van der Waals surface area contributed by atoms with E-state index >= 15 is 0 Å². The standard InChI is InChI=1S/C15H22N6S2.Cu/c1-5-11-6-8-12(9-7-11)13(19-21-15(23)17-4)10(2)18-20-14(22)16-3;/h6-9H,5H2,1-4H3,(H2,16,20,22)(H2,17,21,23);/q;+2/p-2/b18-10+,19-13-;. The van der Waals surface area contributed by atoms with Gasteiger partial charge in [0.2, 0.25) is 0 Å². The average Bonchev–Trinajstić information content (AvgIpc) is 2.59. The van der Waals surface area contributed by atoms with E-state index in [9.17, 15) is 0 Å². The molecule has 0 aliphatic carbocycles. The second-order valence-corrected chi connectivity index (χ2v) is 5.27. The summed E-state index contributed by atoms with van der Waals surface area (Å²) in [4.78, 5) is 0. The first-order valence-corrected chi connectivity index (χ1v) is 7.90. The van der Waals surface area contributed by atoms with E-state index in [0.29, 0.717) is 21.8 Å². The molecule has 1 aromatic rings. The quantitative estimate of drug-likeness (QED) is 0.253. The third-order valence-electron chi connectivity index (χ3n) is 2.94. The van der Waals surface area contributed by atoms with Gasteiger partial charge in [0.15, 0.2) is 0 Å². The molecule has 2 N–H and O–H groups in total. The second kappa shape index (κ2) is 11.9. The summed E-state index contributed by atoms with van der Waals surface area (Å²) in [5.74, 6) is 0. The van der Waals surface area contributed by atoms with Crippen LogP contribution >= 0.6 is 0 Å². The Bertz CT molecular complexity index is 638. The molecule has 0 spiro atoms. The molecule has 0 bridgehead atoms. The van der Waals surface area contributed by atoms with Gasteiger partial charge >= 0.3 is 17.1 Å². The molecule has 0 amide bonds. The van der Waals surface area contributed by atoms with Crippen molar-refractivity contribution in [2.75, 3.05) is 14.1 Å². The van der Waals surface area contributed by atoms with E-state index in [4.69, 9.17) is 25.3 Å².